The fourth-order valence-corrected chi connectivity index (χ4v) is 2.42. The van der Waals surface area contributed by atoms with Crippen molar-refractivity contribution in [1.82, 2.24) is 5.32 Å². The molecule has 1 aliphatic rings. The zero-order chi connectivity index (χ0) is 13.0. The molecule has 1 aliphatic carbocycles. The molecule has 0 aliphatic heterocycles. The molecule has 98 valence electrons. The maximum absolute atomic E-state index is 13.0. The fraction of sp³-hybridized carbons (Fsp3) is 0.500. The van der Waals surface area contributed by atoms with Gasteiger partial charge in [0.15, 0.2) is 0 Å². The van der Waals surface area contributed by atoms with Crippen LogP contribution < -0.4 is 5.32 Å². The van der Waals surface area contributed by atoms with Gasteiger partial charge >= 0.3 is 0 Å². The second-order valence-corrected chi connectivity index (χ2v) is 4.91. The van der Waals surface area contributed by atoms with Gasteiger partial charge < -0.3 is 10.4 Å². The molecule has 1 fully saturated rings. The zero-order valence-corrected chi connectivity index (χ0v) is 10.2. The third-order valence-corrected chi connectivity index (χ3v) is 3.39. The molecule has 0 aromatic heterocycles. The molecule has 1 aromatic carbocycles. The molecule has 2 N–H and O–H groups in total. The summed E-state index contributed by atoms with van der Waals surface area (Å²) in [7, 11) is 0. The zero-order valence-electron chi connectivity index (χ0n) is 10.2. The Morgan fingerprint density at radius 2 is 2.28 bits per heavy atom. The topological polar surface area (TPSA) is 49.3 Å². The number of hydrogen-bond donors (Lipinski definition) is 2. The van der Waals surface area contributed by atoms with Crippen LogP contribution in [0, 0.1) is 11.7 Å². The van der Waals surface area contributed by atoms with Crippen molar-refractivity contribution in [2.45, 2.75) is 31.8 Å². The van der Waals surface area contributed by atoms with E-state index in [1.54, 1.807) is 6.07 Å². The monoisotopic (exact) mass is 251 g/mol. The van der Waals surface area contributed by atoms with Crippen molar-refractivity contribution in [3.63, 3.8) is 0 Å². The lowest BCUT2D eigenvalue weighted by Gasteiger charge is -2.25. The number of nitrogens with one attached hydrogen (secondary N) is 1. The molecule has 1 amide bonds. The first kappa shape index (κ1) is 13.0. The number of carbonyl (C=O) groups is 1. The summed E-state index contributed by atoms with van der Waals surface area (Å²) in [5.74, 6) is -0.337. The summed E-state index contributed by atoms with van der Waals surface area (Å²) in [4.78, 5) is 11.8. The lowest BCUT2D eigenvalue weighted by molar-refractivity contribution is 0.0873. The summed E-state index contributed by atoms with van der Waals surface area (Å²) in [5, 5.41) is 12.3. The van der Waals surface area contributed by atoms with E-state index in [4.69, 9.17) is 0 Å². The third kappa shape index (κ3) is 3.53. The van der Waals surface area contributed by atoms with Crippen LogP contribution in [0.25, 0.3) is 0 Å². The summed E-state index contributed by atoms with van der Waals surface area (Å²) in [6.07, 6.45) is 3.38. The molecule has 3 nitrogen and oxygen atoms in total. The highest BCUT2D eigenvalue weighted by molar-refractivity contribution is 5.94. The fourth-order valence-electron chi connectivity index (χ4n) is 2.42. The van der Waals surface area contributed by atoms with E-state index in [1.807, 2.05) is 0 Å². The predicted molar refractivity (Wildman–Crippen MR) is 66.7 cm³/mol. The van der Waals surface area contributed by atoms with Crippen molar-refractivity contribution >= 4 is 5.91 Å². The standard InChI is InChI=1S/C14H18FNO2/c15-12-5-2-4-11(8-12)14(18)16-9-10-3-1-6-13(17)7-10/h2,4-5,8,10,13,17H,1,3,6-7,9H2,(H,16,18). The molecule has 2 unspecified atom stereocenters. The number of halogens is 1. The first-order chi connectivity index (χ1) is 8.65. The molecule has 0 radical (unpaired) electrons. The molecule has 1 aromatic rings. The van der Waals surface area contributed by atoms with Gasteiger partial charge in [0.1, 0.15) is 5.82 Å². The maximum atomic E-state index is 13.0. The van der Waals surface area contributed by atoms with Crippen LogP contribution in [0.3, 0.4) is 0 Å². The number of benzene rings is 1. The Hall–Kier alpha value is -1.42. The second kappa shape index (κ2) is 5.96. The Morgan fingerprint density at radius 1 is 1.44 bits per heavy atom. The number of carbonyl (C=O) groups excluding carboxylic acids is 1. The van der Waals surface area contributed by atoms with Crippen LogP contribution >= 0.6 is 0 Å². The van der Waals surface area contributed by atoms with Gasteiger partial charge in [-0.05, 0) is 43.4 Å². The number of hydrogen-bond acceptors (Lipinski definition) is 2. The van der Waals surface area contributed by atoms with Crippen molar-refractivity contribution in [3.8, 4) is 0 Å². The Bertz CT molecular complexity index is 422. The maximum Gasteiger partial charge on any atom is 0.251 e. The van der Waals surface area contributed by atoms with Crippen LogP contribution in [0.15, 0.2) is 24.3 Å². The van der Waals surface area contributed by atoms with E-state index in [1.165, 1.54) is 18.2 Å². The van der Waals surface area contributed by atoms with E-state index >= 15 is 0 Å². The van der Waals surface area contributed by atoms with E-state index in [0.29, 0.717) is 18.0 Å². The highest BCUT2D eigenvalue weighted by Crippen LogP contribution is 2.23. The molecule has 0 saturated heterocycles. The van der Waals surface area contributed by atoms with Gasteiger partial charge in [-0.2, -0.15) is 0 Å². The van der Waals surface area contributed by atoms with Crippen LogP contribution in [-0.2, 0) is 0 Å². The van der Waals surface area contributed by atoms with Crippen LogP contribution in [-0.4, -0.2) is 23.7 Å². The molecule has 4 heteroatoms. The van der Waals surface area contributed by atoms with Crippen molar-refractivity contribution in [2.75, 3.05) is 6.54 Å². The molecule has 0 bridgehead atoms. The normalized spacial score (nSPS) is 23.7. The van der Waals surface area contributed by atoms with E-state index in [9.17, 15) is 14.3 Å². The number of amides is 1. The van der Waals surface area contributed by atoms with Gasteiger partial charge in [0.25, 0.3) is 5.91 Å². The average molecular weight is 251 g/mol. The lowest BCUT2D eigenvalue weighted by atomic mass is 9.87. The number of aliphatic hydroxyl groups is 1. The molecule has 2 atom stereocenters. The summed E-state index contributed by atoms with van der Waals surface area (Å²) in [6.45, 7) is 0.548. The second-order valence-electron chi connectivity index (χ2n) is 4.91. The van der Waals surface area contributed by atoms with Crippen LogP contribution in [0.5, 0.6) is 0 Å². The molecular weight excluding hydrogens is 233 g/mol. The number of rotatable bonds is 3. The van der Waals surface area contributed by atoms with Gasteiger partial charge in [-0.3, -0.25) is 4.79 Å². The smallest absolute Gasteiger partial charge is 0.251 e. The summed E-state index contributed by atoms with van der Waals surface area (Å²) >= 11 is 0. The third-order valence-electron chi connectivity index (χ3n) is 3.39. The van der Waals surface area contributed by atoms with Gasteiger partial charge in [-0.15, -0.1) is 0 Å². The van der Waals surface area contributed by atoms with Gasteiger partial charge in [-0.1, -0.05) is 12.5 Å². The van der Waals surface area contributed by atoms with Crippen LogP contribution in [0.1, 0.15) is 36.0 Å². The van der Waals surface area contributed by atoms with E-state index < -0.39 is 5.82 Å². The summed E-state index contributed by atoms with van der Waals surface area (Å²) in [5.41, 5.74) is 0.339. The molecule has 2 rings (SSSR count). The largest absolute Gasteiger partial charge is 0.393 e. The van der Waals surface area contributed by atoms with Crippen LogP contribution in [0.2, 0.25) is 0 Å². The van der Waals surface area contributed by atoms with E-state index in [2.05, 4.69) is 5.32 Å². The summed E-state index contributed by atoms with van der Waals surface area (Å²) < 4.78 is 13.0. The average Bonchev–Trinajstić information content (AvgIpc) is 2.36. The highest BCUT2D eigenvalue weighted by Gasteiger charge is 2.20. The molecule has 1 saturated carbocycles. The molecule has 18 heavy (non-hydrogen) atoms. The van der Waals surface area contributed by atoms with Gasteiger partial charge in [0, 0.05) is 12.1 Å². The van der Waals surface area contributed by atoms with E-state index in [-0.39, 0.29) is 12.0 Å². The Morgan fingerprint density at radius 3 is 3.00 bits per heavy atom. The van der Waals surface area contributed by atoms with Crippen molar-refractivity contribution in [2.24, 2.45) is 5.92 Å². The van der Waals surface area contributed by atoms with Crippen molar-refractivity contribution in [3.05, 3.63) is 35.6 Å². The van der Waals surface area contributed by atoms with Gasteiger partial charge in [0.2, 0.25) is 0 Å². The van der Waals surface area contributed by atoms with Gasteiger partial charge in [-0.25, -0.2) is 4.39 Å². The van der Waals surface area contributed by atoms with Crippen LogP contribution in [0.4, 0.5) is 4.39 Å². The Labute approximate surface area is 106 Å². The first-order valence-corrected chi connectivity index (χ1v) is 6.37. The minimum absolute atomic E-state index is 0.241. The molecular formula is C14H18FNO2. The minimum Gasteiger partial charge on any atom is -0.393 e. The molecule has 0 heterocycles. The SMILES string of the molecule is O=C(NCC1CCCC(O)C1)c1cccc(F)c1. The van der Waals surface area contributed by atoms with Crippen molar-refractivity contribution in [1.29, 1.82) is 0 Å². The van der Waals surface area contributed by atoms with Crippen molar-refractivity contribution < 1.29 is 14.3 Å². The predicted octanol–water partition coefficient (Wildman–Crippen LogP) is 2.11. The first-order valence-electron chi connectivity index (χ1n) is 6.37. The van der Waals surface area contributed by atoms with E-state index in [0.717, 1.165) is 25.7 Å². The lowest BCUT2D eigenvalue weighted by Crippen LogP contribution is -2.33. The Balaban J connectivity index is 1.84. The minimum atomic E-state index is -0.407. The molecule has 0 spiro atoms. The highest BCUT2D eigenvalue weighted by atomic mass is 19.1. The summed E-state index contributed by atoms with van der Waals surface area (Å²) in [6, 6.07) is 5.65. The number of aliphatic hydroxyl groups excluding tert-OH is 1. The van der Waals surface area contributed by atoms with Gasteiger partial charge in [0.05, 0.1) is 6.10 Å². The Kier molecular flexibility index (Phi) is 4.31. The quantitative estimate of drug-likeness (QED) is 0.864.